The van der Waals surface area contributed by atoms with Crippen LogP contribution in [-0.2, 0) is 17.8 Å². The molecule has 0 saturated heterocycles. The number of rotatable bonds is 8. The minimum Gasteiger partial charge on any atom is -0.493 e. The zero-order chi connectivity index (χ0) is 16.7. The molecular weight excluding hydrogens is 356 g/mol. The summed E-state index contributed by atoms with van der Waals surface area (Å²) in [6.07, 6.45) is 1.81. The van der Waals surface area contributed by atoms with Crippen molar-refractivity contribution in [2.75, 3.05) is 7.11 Å². The zero-order valence-corrected chi connectivity index (χ0v) is 15.1. The van der Waals surface area contributed by atoms with Crippen LogP contribution in [0.15, 0.2) is 46.9 Å². The Morgan fingerprint density at radius 1 is 1.13 bits per heavy atom. The number of ether oxygens (including phenoxy) is 2. The molecule has 0 aliphatic carbocycles. The molecule has 4 heteroatoms. The Balaban J connectivity index is 2.14. The van der Waals surface area contributed by atoms with E-state index in [-0.39, 0.29) is 5.78 Å². The second kappa shape index (κ2) is 8.73. The van der Waals surface area contributed by atoms with Crippen LogP contribution >= 0.6 is 15.9 Å². The minimum absolute atomic E-state index is 0.263. The summed E-state index contributed by atoms with van der Waals surface area (Å²) >= 11 is 3.54. The number of carbonyl (C=O) groups is 1. The Hall–Kier alpha value is -1.81. The molecule has 2 aromatic carbocycles. The fourth-order valence-corrected chi connectivity index (χ4v) is 2.75. The van der Waals surface area contributed by atoms with Crippen molar-refractivity contribution in [3.8, 4) is 11.5 Å². The van der Waals surface area contributed by atoms with Crippen molar-refractivity contribution in [3.05, 3.63) is 58.1 Å². The van der Waals surface area contributed by atoms with Gasteiger partial charge in [-0.15, -0.1) is 0 Å². The van der Waals surface area contributed by atoms with Crippen molar-refractivity contribution in [2.45, 2.75) is 32.8 Å². The van der Waals surface area contributed by atoms with Crippen LogP contribution in [-0.4, -0.2) is 12.9 Å². The van der Waals surface area contributed by atoms with E-state index in [1.54, 1.807) is 7.11 Å². The number of aryl methyl sites for hydroxylation is 1. The minimum atomic E-state index is 0.263. The quantitative estimate of drug-likeness (QED) is 0.653. The molecule has 0 heterocycles. The Morgan fingerprint density at radius 2 is 1.87 bits per heavy atom. The summed E-state index contributed by atoms with van der Waals surface area (Å²) in [5, 5.41) is 0. The van der Waals surface area contributed by atoms with Gasteiger partial charge in [0.05, 0.1) is 7.11 Å². The third-order valence-corrected chi connectivity index (χ3v) is 4.38. The monoisotopic (exact) mass is 376 g/mol. The highest BCUT2D eigenvalue weighted by Crippen LogP contribution is 2.34. The number of hydrogen-bond acceptors (Lipinski definition) is 3. The predicted octanol–water partition coefficient (Wildman–Crippen LogP) is 4.95. The molecule has 0 radical (unpaired) electrons. The molecule has 3 nitrogen and oxygen atoms in total. The van der Waals surface area contributed by atoms with Gasteiger partial charge in [0.25, 0.3) is 0 Å². The zero-order valence-electron chi connectivity index (χ0n) is 13.5. The molecule has 0 amide bonds. The molecule has 0 N–H and O–H groups in total. The number of methoxy groups -OCH3 is 1. The maximum Gasteiger partial charge on any atom is 0.162 e. The van der Waals surface area contributed by atoms with Crippen LogP contribution in [0.2, 0.25) is 0 Å². The Morgan fingerprint density at radius 3 is 2.52 bits per heavy atom. The van der Waals surface area contributed by atoms with Gasteiger partial charge in [-0.1, -0.05) is 53.2 Å². The molecule has 122 valence electrons. The summed E-state index contributed by atoms with van der Waals surface area (Å²) in [5.41, 5.74) is 2.15. The van der Waals surface area contributed by atoms with Gasteiger partial charge in [-0.2, -0.15) is 0 Å². The normalized spacial score (nSPS) is 10.4. The molecule has 0 unspecified atom stereocenters. The van der Waals surface area contributed by atoms with E-state index in [0.29, 0.717) is 37.4 Å². The molecule has 0 aliphatic rings. The lowest BCUT2D eigenvalue weighted by atomic mass is 10.1. The van der Waals surface area contributed by atoms with E-state index in [9.17, 15) is 4.79 Å². The van der Waals surface area contributed by atoms with Crippen LogP contribution < -0.4 is 9.47 Å². The molecular formula is C19H21BrO3. The van der Waals surface area contributed by atoms with Crippen molar-refractivity contribution in [1.29, 1.82) is 0 Å². The Kier molecular flexibility index (Phi) is 6.66. The standard InChI is InChI=1S/C19H21BrO3/c1-3-16(21)10-9-15-11-19(18(22-2)12-17(15)20)23-13-14-7-5-4-6-8-14/h4-8,11-12H,3,9-10,13H2,1-2H3. The van der Waals surface area contributed by atoms with Crippen molar-refractivity contribution < 1.29 is 14.3 Å². The van der Waals surface area contributed by atoms with Crippen molar-refractivity contribution >= 4 is 21.7 Å². The van der Waals surface area contributed by atoms with E-state index in [1.165, 1.54) is 0 Å². The third-order valence-electron chi connectivity index (χ3n) is 3.64. The van der Waals surface area contributed by atoms with Crippen LogP contribution in [0.3, 0.4) is 0 Å². The highest BCUT2D eigenvalue weighted by atomic mass is 79.9. The van der Waals surface area contributed by atoms with Crippen LogP contribution in [0.5, 0.6) is 11.5 Å². The Bertz CT molecular complexity index is 653. The summed E-state index contributed by atoms with van der Waals surface area (Å²) in [5.74, 6) is 1.64. The maximum absolute atomic E-state index is 11.5. The predicted molar refractivity (Wildman–Crippen MR) is 95.1 cm³/mol. The summed E-state index contributed by atoms with van der Waals surface area (Å²) in [6, 6.07) is 13.8. The van der Waals surface area contributed by atoms with Gasteiger partial charge in [-0.25, -0.2) is 0 Å². The topological polar surface area (TPSA) is 35.5 Å². The molecule has 0 bridgehead atoms. The second-order valence-electron chi connectivity index (χ2n) is 5.26. The van der Waals surface area contributed by atoms with Gasteiger partial charge in [0, 0.05) is 17.3 Å². The first kappa shape index (κ1) is 17.5. The van der Waals surface area contributed by atoms with Gasteiger partial charge >= 0.3 is 0 Å². The number of benzene rings is 2. The molecule has 0 fully saturated rings. The molecule has 2 rings (SSSR count). The second-order valence-corrected chi connectivity index (χ2v) is 6.12. The lowest BCUT2D eigenvalue weighted by Crippen LogP contribution is -2.01. The lowest BCUT2D eigenvalue weighted by Gasteiger charge is -2.14. The van der Waals surface area contributed by atoms with E-state index in [1.807, 2.05) is 49.4 Å². The van der Waals surface area contributed by atoms with Crippen LogP contribution in [0.4, 0.5) is 0 Å². The third kappa shape index (κ3) is 5.10. The van der Waals surface area contributed by atoms with Gasteiger partial charge in [-0.3, -0.25) is 4.79 Å². The van der Waals surface area contributed by atoms with Gasteiger partial charge in [-0.05, 0) is 29.7 Å². The van der Waals surface area contributed by atoms with Gasteiger partial charge in [0.2, 0.25) is 0 Å². The summed E-state index contributed by atoms with van der Waals surface area (Å²) in [7, 11) is 1.62. The first-order valence-electron chi connectivity index (χ1n) is 7.68. The fraction of sp³-hybridized carbons (Fsp3) is 0.316. The highest BCUT2D eigenvalue weighted by Gasteiger charge is 2.11. The van der Waals surface area contributed by atoms with E-state index in [4.69, 9.17) is 9.47 Å². The number of ketones is 1. The number of Topliss-reactive ketones (excluding diaryl/α,β-unsaturated/α-hetero) is 1. The van der Waals surface area contributed by atoms with Crippen LogP contribution in [0.25, 0.3) is 0 Å². The largest absolute Gasteiger partial charge is 0.493 e. The van der Waals surface area contributed by atoms with E-state index < -0.39 is 0 Å². The SMILES string of the molecule is CCC(=O)CCc1cc(OCc2ccccc2)c(OC)cc1Br. The highest BCUT2D eigenvalue weighted by molar-refractivity contribution is 9.10. The van der Waals surface area contributed by atoms with E-state index in [2.05, 4.69) is 15.9 Å². The fourth-order valence-electron chi connectivity index (χ4n) is 2.23. The van der Waals surface area contributed by atoms with Crippen molar-refractivity contribution in [1.82, 2.24) is 0 Å². The van der Waals surface area contributed by atoms with Gasteiger partial charge < -0.3 is 9.47 Å². The van der Waals surface area contributed by atoms with Gasteiger partial charge in [0.1, 0.15) is 12.4 Å². The number of carbonyl (C=O) groups excluding carboxylic acids is 1. The molecule has 0 aliphatic heterocycles. The molecule has 0 atom stereocenters. The molecule has 2 aromatic rings. The van der Waals surface area contributed by atoms with Crippen molar-refractivity contribution in [2.24, 2.45) is 0 Å². The summed E-state index contributed by atoms with van der Waals surface area (Å²) in [6.45, 7) is 2.37. The average molecular weight is 377 g/mol. The maximum atomic E-state index is 11.5. The molecule has 23 heavy (non-hydrogen) atoms. The smallest absolute Gasteiger partial charge is 0.162 e. The first-order chi connectivity index (χ1) is 11.1. The molecule has 0 aromatic heterocycles. The van der Waals surface area contributed by atoms with Crippen LogP contribution in [0, 0.1) is 0 Å². The Labute approximate surface area is 145 Å². The number of hydrogen-bond donors (Lipinski definition) is 0. The van der Waals surface area contributed by atoms with Gasteiger partial charge in [0.15, 0.2) is 11.5 Å². The molecule has 0 spiro atoms. The van der Waals surface area contributed by atoms with E-state index in [0.717, 1.165) is 15.6 Å². The average Bonchev–Trinajstić information content (AvgIpc) is 2.59. The van der Waals surface area contributed by atoms with Crippen molar-refractivity contribution in [3.63, 3.8) is 0 Å². The lowest BCUT2D eigenvalue weighted by molar-refractivity contribution is -0.118. The molecule has 0 saturated carbocycles. The summed E-state index contributed by atoms with van der Waals surface area (Å²) in [4.78, 5) is 11.5. The summed E-state index contributed by atoms with van der Waals surface area (Å²) < 4.78 is 12.2. The van der Waals surface area contributed by atoms with Crippen LogP contribution in [0.1, 0.15) is 30.9 Å². The first-order valence-corrected chi connectivity index (χ1v) is 8.48. The number of halogens is 1. The van der Waals surface area contributed by atoms with E-state index >= 15 is 0 Å².